The van der Waals surface area contributed by atoms with Crippen LogP contribution in [0.4, 0.5) is 0 Å². The standard InChI is InChI=1S/C17H20O2/c1-11-12(2)16(19)10-9-15(11)17(3,4)13-5-7-14(18)8-6-13/h5-10,18-19H,1-4H3. The van der Waals surface area contributed by atoms with E-state index in [1.807, 2.05) is 32.0 Å². The van der Waals surface area contributed by atoms with Gasteiger partial charge in [0, 0.05) is 5.41 Å². The zero-order chi connectivity index (χ0) is 14.2. The van der Waals surface area contributed by atoms with E-state index in [0.717, 1.165) is 16.7 Å². The maximum absolute atomic E-state index is 9.76. The maximum Gasteiger partial charge on any atom is 0.118 e. The predicted molar refractivity (Wildman–Crippen MR) is 77.8 cm³/mol. The summed E-state index contributed by atoms with van der Waals surface area (Å²) >= 11 is 0. The second-order valence-corrected chi connectivity index (χ2v) is 5.55. The van der Waals surface area contributed by atoms with Crippen molar-refractivity contribution in [3.8, 4) is 11.5 Å². The minimum absolute atomic E-state index is 0.170. The monoisotopic (exact) mass is 256 g/mol. The highest BCUT2D eigenvalue weighted by molar-refractivity contribution is 5.49. The van der Waals surface area contributed by atoms with Gasteiger partial charge in [0.05, 0.1) is 0 Å². The quantitative estimate of drug-likeness (QED) is 0.851. The first-order valence-corrected chi connectivity index (χ1v) is 6.43. The van der Waals surface area contributed by atoms with Crippen molar-refractivity contribution in [3.05, 3.63) is 58.7 Å². The van der Waals surface area contributed by atoms with Crippen molar-refractivity contribution in [1.82, 2.24) is 0 Å². The van der Waals surface area contributed by atoms with Crippen LogP contribution in [-0.4, -0.2) is 10.2 Å². The van der Waals surface area contributed by atoms with E-state index in [1.54, 1.807) is 18.2 Å². The average molecular weight is 256 g/mol. The van der Waals surface area contributed by atoms with Crippen LogP contribution in [0.5, 0.6) is 11.5 Å². The molecule has 2 nitrogen and oxygen atoms in total. The molecule has 19 heavy (non-hydrogen) atoms. The van der Waals surface area contributed by atoms with Crippen LogP contribution >= 0.6 is 0 Å². The number of hydrogen-bond acceptors (Lipinski definition) is 2. The van der Waals surface area contributed by atoms with E-state index < -0.39 is 0 Å². The van der Waals surface area contributed by atoms with Gasteiger partial charge in [-0.2, -0.15) is 0 Å². The third-order valence-corrected chi connectivity index (χ3v) is 4.02. The smallest absolute Gasteiger partial charge is 0.118 e. The lowest BCUT2D eigenvalue weighted by Gasteiger charge is -2.29. The molecule has 0 radical (unpaired) electrons. The van der Waals surface area contributed by atoms with Crippen LogP contribution in [0.25, 0.3) is 0 Å². The van der Waals surface area contributed by atoms with E-state index in [1.165, 1.54) is 5.56 Å². The summed E-state index contributed by atoms with van der Waals surface area (Å²) < 4.78 is 0. The Morgan fingerprint density at radius 2 is 1.37 bits per heavy atom. The van der Waals surface area contributed by atoms with Crippen molar-refractivity contribution in [1.29, 1.82) is 0 Å². The molecule has 2 N–H and O–H groups in total. The summed E-state index contributed by atoms with van der Waals surface area (Å²) in [5, 5.41) is 19.2. The third kappa shape index (κ3) is 2.30. The van der Waals surface area contributed by atoms with Crippen LogP contribution in [0.15, 0.2) is 36.4 Å². The average Bonchev–Trinajstić information content (AvgIpc) is 2.36. The van der Waals surface area contributed by atoms with E-state index in [9.17, 15) is 10.2 Å². The van der Waals surface area contributed by atoms with Crippen molar-refractivity contribution in [2.75, 3.05) is 0 Å². The molecule has 0 heterocycles. The van der Waals surface area contributed by atoms with Crippen LogP contribution < -0.4 is 0 Å². The summed E-state index contributed by atoms with van der Waals surface area (Å²) in [7, 11) is 0. The Morgan fingerprint density at radius 1 is 0.789 bits per heavy atom. The van der Waals surface area contributed by atoms with Gasteiger partial charge in [-0.25, -0.2) is 0 Å². The highest BCUT2D eigenvalue weighted by Crippen LogP contribution is 2.37. The molecule has 100 valence electrons. The fourth-order valence-electron chi connectivity index (χ4n) is 2.52. The number of phenols is 2. The molecular weight excluding hydrogens is 236 g/mol. The van der Waals surface area contributed by atoms with Crippen molar-refractivity contribution < 1.29 is 10.2 Å². The van der Waals surface area contributed by atoms with Crippen molar-refractivity contribution in [3.63, 3.8) is 0 Å². The van der Waals surface area contributed by atoms with E-state index in [-0.39, 0.29) is 11.2 Å². The van der Waals surface area contributed by atoms with E-state index >= 15 is 0 Å². The van der Waals surface area contributed by atoms with Crippen LogP contribution in [0.3, 0.4) is 0 Å². The molecule has 0 atom stereocenters. The summed E-state index contributed by atoms with van der Waals surface area (Å²) in [4.78, 5) is 0. The van der Waals surface area contributed by atoms with Crippen molar-refractivity contribution in [2.45, 2.75) is 33.1 Å². The molecule has 0 bridgehead atoms. The van der Waals surface area contributed by atoms with Crippen LogP contribution in [0.1, 0.15) is 36.1 Å². The molecule has 0 saturated heterocycles. The molecule has 0 amide bonds. The second-order valence-electron chi connectivity index (χ2n) is 5.55. The summed E-state index contributed by atoms with van der Waals surface area (Å²) in [5.41, 5.74) is 4.19. The van der Waals surface area contributed by atoms with Crippen LogP contribution in [0, 0.1) is 13.8 Å². The molecule has 0 spiro atoms. The Hall–Kier alpha value is -1.96. The third-order valence-electron chi connectivity index (χ3n) is 4.02. The van der Waals surface area contributed by atoms with E-state index in [2.05, 4.69) is 13.8 Å². The van der Waals surface area contributed by atoms with Gasteiger partial charge in [0.25, 0.3) is 0 Å². The molecule has 2 heteroatoms. The van der Waals surface area contributed by atoms with E-state index in [4.69, 9.17) is 0 Å². The summed E-state index contributed by atoms with van der Waals surface area (Å²) in [6.07, 6.45) is 0. The Kier molecular flexibility index (Phi) is 3.27. The molecule has 0 aliphatic carbocycles. The maximum atomic E-state index is 9.76. The highest BCUT2D eigenvalue weighted by Gasteiger charge is 2.25. The zero-order valence-electron chi connectivity index (χ0n) is 11.9. The molecule has 0 aliphatic rings. The second kappa shape index (κ2) is 4.61. The van der Waals surface area contributed by atoms with Gasteiger partial charge in [-0.15, -0.1) is 0 Å². The summed E-state index contributed by atoms with van der Waals surface area (Å²) in [5.74, 6) is 0.612. The molecule has 2 aromatic carbocycles. The lowest BCUT2D eigenvalue weighted by Crippen LogP contribution is -2.20. The Balaban J connectivity index is 2.56. The number of hydrogen-bond donors (Lipinski definition) is 2. The minimum atomic E-state index is -0.170. The molecule has 0 fully saturated rings. The van der Waals surface area contributed by atoms with Gasteiger partial charge in [0.2, 0.25) is 0 Å². The number of benzene rings is 2. The van der Waals surface area contributed by atoms with Crippen LogP contribution in [-0.2, 0) is 5.41 Å². The van der Waals surface area contributed by atoms with Gasteiger partial charge in [0.1, 0.15) is 11.5 Å². The molecule has 0 unspecified atom stereocenters. The van der Waals surface area contributed by atoms with E-state index in [0.29, 0.717) is 5.75 Å². The first-order chi connectivity index (χ1) is 8.84. The summed E-state index contributed by atoms with van der Waals surface area (Å²) in [6, 6.07) is 11.0. The van der Waals surface area contributed by atoms with Crippen molar-refractivity contribution >= 4 is 0 Å². The molecule has 2 aromatic rings. The normalized spacial score (nSPS) is 11.6. The lowest BCUT2D eigenvalue weighted by molar-refractivity contribution is 0.469. The minimum Gasteiger partial charge on any atom is -0.508 e. The number of rotatable bonds is 2. The zero-order valence-corrected chi connectivity index (χ0v) is 11.9. The van der Waals surface area contributed by atoms with Gasteiger partial charge in [-0.3, -0.25) is 0 Å². The Bertz CT molecular complexity index is 595. The predicted octanol–water partition coefficient (Wildman–Crippen LogP) is 4.04. The molecule has 0 aromatic heterocycles. The van der Waals surface area contributed by atoms with Gasteiger partial charge in [-0.05, 0) is 54.3 Å². The first kappa shape index (κ1) is 13.5. The molecule has 0 saturated carbocycles. The topological polar surface area (TPSA) is 40.5 Å². The van der Waals surface area contributed by atoms with Gasteiger partial charge in [-0.1, -0.05) is 32.0 Å². The fraction of sp³-hybridized carbons (Fsp3) is 0.294. The first-order valence-electron chi connectivity index (χ1n) is 6.43. The number of aromatic hydroxyl groups is 2. The fourth-order valence-corrected chi connectivity index (χ4v) is 2.52. The van der Waals surface area contributed by atoms with Gasteiger partial charge >= 0.3 is 0 Å². The Labute approximate surface area is 114 Å². The Morgan fingerprint density at radius 3 is 1.95 bits per heavy atom. The van der Waals surface area contributed by atoms with Gasteiger partial charge in [0.15, 0.2) is 0 Å². The lowest BCUT2D eigenvalue weighted by atomic mass is 9.75. The SMILES string of the molecule is Cc1c(O)ccc(C(C)(C)c2ccc(O)cc2)c1C. The molecular formula is C17H20O2. The molecule has 0 aliphatic heterocycles. The van der Waals surface area contributed by atoms with Crippen LogP contribution in [0.2, 0.25) is 0 Å². The molecule has 2 rings (SSSR count). The summed E-state index contributed by atoms with van der Waals surface area (Å²) in [6.45, 7) is 8.27. The van der Waals surface area contributed by atoms with Crippen molar-refractivity contribution in [2.24, 2.45) is 0 Å². The highest BCUT2D eigenvalue weighted by atomic mass is 16.3. The van der Waals surface area contributed by atoms with Gasteiger partial charge < -0.3 is 10.2 Å². The largest absolute Gasteiger partial charge is 0.508 e. The number of phenolic OH excluding ortho intramolecular Hbond substituents is 2.